The fourth-order valence-corrected chi connectivity index (χ4v) is 3.62. The second-order valence-corrected chi connectivity index (χ2v) is 7.15. The van der Waals surface area contributed by atoms with Crippen molar-refractivity contribution in [3.63, 3.8) is 0 Å². The maximum Gasteiger partial charge on any atom is 0.336 e. The van der Waals surface area contributed by atoms with Gasteiger partial charge in [0.2, 0.25) is 0 Å². The number of amides is 1. The summed E-state index contributed by atoms with van der Waals surface area (Å²) in [7, 11) is 1.48. The Labute approximate surface area is 190 Å². The largest absolute Gasteiger partial charge is 0.460 e. The lowest BCUT2D eigenvalue weighted by molar-refractivity contribution is -0.385. The van der Waals surface area contributed by atoms with Crippen LogP contribution in [0.5, 0.6) is 0 Å². The van der Waals surface area contributed by atoms with Crippen LogP contribution in [0.4, 0.5) is 5.69 Å². The molecule has 0 saturated carbocycles. The van der Waals surface area contributed by atoms with Gasteiger partial charge in [0, 0.05) is 24.9 Å². The van der Waals surface area contributed by atoms with Gasteiger partial charge in [0.1, 0.15) is 12.3 Å². The van der Waals surface area contributed by atoms with E-state index in [1.54, 1.807) is 50.2 Å². The number of carbonyl (C=O) groups excluding carboxylic acids is 2. The number of nitro benzene ring substituents is 1. The molecule has 0 spiro atoms. The molecule has 1 unspecified atom stereocenters. The third kappa shape index (κ3) is 4.96. The van der Waals surface area contributed by atoms with Gasteiger partial charge in [-0.25, -0.2) is 4.79 Å². The Morgan fingerprint density at radius 3 is 2.52 bits per heavy atom. The molecule has 172 valence electrons. The number of rotatable bonds is 8. The summed E-state index contributed by atoms with van der Waals surface area (Å²) in [4.78, 5) is 41.7. The number of nitro groups is 1. The van der Waals surface area contributed by atoms with Crippen LogP contribution >= 0.6 is 0 Å². The van der Waals surface area contributed by atoms with E-state index in [9.17, 15) is 19.7 Å². The molecule has 2 heterocycles. The van der Waals surface area contributed by atoms with Gasteiger partial charge in [-0.2, -0.15) is 10.1 Å². The molecule has 0 fully saturated rings. The Bertz CT molecular complexity index is 1110. The maximum absolute atomic E-state index is 13.2. The molecule has 1 aromatic carbocycles. The Balaban J connectivity index is 2.17. The van der Waals surface area contributed by atoms with E-state index in [0.29, 0.717) is 17.7 Å². The highest BCUT2D eigenvalue weighted by Gasteiger charge is 2.40. The van der Waals surface area contributed by atoms with Crippen molar-refractivity contribution >= 4 is 23.3 Å². The molecule has 3 rings (SSSR count). The maximum atomic E-state index is 13.2. The van der Waals surface area contributed by atoms with Crippen LogP contribution in [0.3, 0.4) is 0 Å². The molecular weight excluding hydrogens is 428 g/mol. The van der Waals surface area contributed by atoms with Gasteiger partial charge >= 0.3 is 5.97 Å². The highest BCUT2D eigenvalue weighted by Crippen LogP contribution is 2.39. The number of pyridine rings is 1. The van der Waals surface area contributed by atoms with Crippen LogP contribution in [0.25, 0.3) is 0 Å². The molecule has 0 bridgehead atoms. The molecule has 1 amide bonds. The lowest BCUT2D eigenvalue weighted by atomic mass is 9.82. The minimum absolute atomic E-state index is 0.0114. The van der Waals surface area contributed by atoms with Crippen LogP contribution in [0.2, 0.25) is 0 Å². The number of allylic oxidation sites excluding steroid dienone is 1. The number of ether oxygens (including phenoxy) is 2. The molecule has 0 radical (unpaired) electrons. The van der Waals surface area contributed by atoms with E-state index >= 15 is 0 Å². The molecule has 0 N–H and O–H groups in total. The molecular formula is C23H24N4O6. The zero-order valence-electron chi connectivity index (χ0n) is 18.6. The third-order valence-electron chi connectivity index (χ3n) is 5.18. The van der Waals surface area contributed by atoms with Crippen LogP contribution in [0, 0.1) is 10.1 Å². The molecule has 33 heavy (non-hydrogen) atoms. The standard InChI is InChI=1S/C23H24N4O6/c1-4-17-21(16-9-5-6-11-19(16)27(30)31)20(23(29)33-14-13-32-3)15(2)26(25-17)22(28)18-10-7-8-12-24-18/h5-12,21H,4,13-14H2,1-3H3. The van der Waals surface area contributed by atoms with E-state index in [1.165, 1.54) is 19.4 Å². The first-order chi connectivity index (χ1) is 15.9. The first kappa shape index (κ1) is 23.7. The van der Waals surface area contributed by atoms with Gasteiger partial charge in [-0.1, -0.05) is 31.2 Å². The third-order valence-corrected chi connectivity index (χ3v) is 5.18. The van der Waals surface area contributed by atoms with Gasteiger partial charge in [-0.15, -0.1) is 0 Å². The first-order valence-corrected chi connectivity index (χ1v) is 10.3. The number of esters is 1. The van der Waals surface area contributed by atoms with Crippen molar-refractivity contribution in [2.75, 3.05) is 20.3 Å². The van der Waals surface area contributed by atoms with Crippen LogP contribution in [0.15, 0.2) is 65.0 Å². The van der Waals surface area contributed by atoms with Crippen molar-refractivity contribution in [3.05, 3.63) is 81.3 Å². The van der Waals surface area contributed by atoms with E-state index in [4.69, 9.17) is 9.47 Å². The molecule has 1 aliphatic heterocycles. The van der Waals surface area contributed by atoms with Crippen molar-refractivity contribution in [2.24, 2.45) is 5.10 Å². The van der Waals surface area contributed by atoms with Gasteiger partial charge < -0.3 is 9.47 Å². The van der Waals surface area contributed by atoms with Crippen molar-refractivity contribution in [3.8, 4) is 0 Å². The fraction of sp³-hybridized carbons (Fsp3) is 0.304. The topological polar surface area (TPSA) is 124 Å². The van der Waals surface area contributed by atoms with E-state index in [-0.39, 0.29) is 35.9 Å². The lowest BCUT2D eigenvalue weighted by Crippen LogP contribution is -2.37. The number of hydrogen-bond donors (Lipinski definition) is 0. The molecule has 1 aromatic heterocycles. The van der Waals surface area contributed by atoms with Crippen molar-refractivity contribution in [1.29, 1.82) is 0 Å². The van der Waals surface area contributed by atoms with Crippen molar-refractivity contribution < 1.29 is 24.0 Å². The molecule has 10 heteroatoms. The number of aromatic nitrogens is 1. The number of para-hydroxylation sites is 1. The van der Waals surface area contributed by atoms with Crippen LogP contribution in [-0.2, 0) is 14.3 Å². The Hall–Kier alpha value is -3.92. The molecule has 2 aromatic rings. The van der Waals surface area contributed by atoms with Crippen molar-refractivity contribution in [1.82, 2.24) is 9.99 Å². The van der Waals surface area contributed by atoms with Gasteiger partial charge in [-0.05, 0) is 25.5 Å². The number of hydrazone groups is 1. The summed E-state index contributed by atoms with van der Waals surface area (Å²) in [6.07, 6.45) is 1.82. The second-order valence-electron chi connectivity index (χ2n) is 7.15. The summed E-state index contributed by atoms with van der Waals surface area (Å²) in [5, 5.41) is 17.3. The van der Waals surface area contributed by atoms with Gasteiger partial charge in [0.25, 0.3) is 11.6 Å². The average molecular weight is 452 g/mol. The Morgan fingerprint density at radius 2 is 1.88 bits per heavy atom. The normalized spacial score (nSPS) is 15.8. The summed E-state index contributed by atoms with van der Waals surface area (Å²) >= 11 is 0. The summed E-state index contributed by atoms with van der Waals surface area (Å²) in [5.74, 6) is -2.07. The SMILES string of the molecule is CCC1=NN(C(=O)c2ccccn2)C(C)=C(C(=O)OCCOC)C1c1ccccc1[N+](=O)[O-]. The van der Waals surface area contributed by atoms with Gasteiger partial charge in [0.15, 0.2) is 0 Å². The number of hydrogen-bond acceptors (Lipinski definition) is 8. The zero-order valence-corrected chi connectivity index (χ0v) is 18.6. The molecule has 0 aliphatic carbocycles. The molecule has 10 nitrogen and oxygen atoms in total. The predicted molar refractivity (Wildman–Crippen MR) is 120 cm³/mol. The summed E-state index contributed by atoms with van der Waals surface area (Å²) in [6.45, 7) is 3.53. The second kappa shape index (κ2) is 10.6. The zero-order chi connectivity index (χ0) is 24.0. The fourth-order valence-electron chi connectivity index (χ4n) is 3.62. The smallest absolute Gasteiger partial charge is 0.336 e. The summed E-state index contributed by atoms with van der Waals surface area (Å²) in [5.41, 5.74) is 1.03. The first-order valence-electron chi connectivity index (χ1n) is 10.3. The number of nitrogens with zero attached hydrogens (tertiary/aromatic N) is 4. The minimum atomic E-state index is -0.848. The molecule has 1 aliphatic rings. The van der Waals surface area contributed by atoms with Crippen LogP contribution in [0.1, 0.15) is 42.2 Å². The average Bonchev–Trinajstić information content (AvgIpc) is 2.83. The van der Waals surface area contributed by atoms with Gasteiger partial charge in [0.05, 0.1) is 34.4 Å². The van der Waals surface area contributed by atoms with E-state index < -0.39 is 22.7 Å². The molecule has 0 saturated heterocycles. The predicted octanol–water partition coefficient (Wildman–Crippen LogP) is 3.46. The van der Waals surface area contributed by atoms with Crippen LogP contribution in [-0.4, -0.2) is 52.8 Å². The summed E-state index contributed by atoms with van der Waals surface area (Å²) < 4.78 is 10.3. The minimum Gasteiger partial charge on any atom is -0.460 e. The number of carbonyl (C=O) groups is 2. The Kier molecular flexibility index (Phi) is 7.62. The van der Waals surface area contributed by atoms with Crippen LogP contribution < -0.4 is 0 Å². The van der Waals surface area contributed by atoms with E-state index in [2.05, 4.69) is 10.1 Å². The number of benzene rings is 1. The quantitative estimate of drug-likeness (QED) is 0.260. The summed E-state index contributed by atoms with van der Waals surface area (Å²) in [6, 6.07) is 11.1. The lowest BCUT2D eigenvalue weighted by Gasteiger charge is -2.32. The highest BCUT2D eigenvalue weighted by molar-refractivity contribution is 6.07. The monoisotopic (exact) mass is 452 g/mol. The van der Waals surface area contributed by atoms with E-state index in [1.807, 2.05) is 0 Å². The number of methoxy groups -OCH3 is 1. The van der Waals surface area contributed by atoms with Crippen molar-refractivity contribution in [2.45, 2.75) is 26.2 Å². The van der Waals surface area contributed by atoms with Gasteiger partial charge in [-0.3, -0.25) is 19.9 Å². The Morgan fingerprint density at radius 1 is 1.15 bits per heavy atom. The highest BCUT2D eigenvalue weighted by atomic mass is 16.6. The molecule has 1 atom stereocenters. The van der Waals surface area contributed by atoms with E-state index in [0.717, 1.165) is 5.01 Å².